The number of amides is 4. The first-order valence-electron chi connectivity index (χ1n) is 29.0. The number of benzene rings is 1. The maximum absolute atomic E-state index is 14.6. The lowest BCUT2D eigenvalue weighted by atomic mass is 9.69. The number of piperidine rings is 1. The Labute approximate surface area is 468 Å². The molecule has 18 nitrogen and oxygen atoms in total. The molecule has 5 heterocycles. The van der Waals surface area contributed by atoms with Crippen LogP contribution in [0.15, 0.2) is 72.4 Å². The zero-order chi connectivity index (χ0) is 57.9. The molecule has 79 heavy (non-hydrogen) atoms. The summed E-state index contributed by atoms with van der Waals surface area (Å²) in [6, 6.07) is 3.25. The van der Waals surface area contributed by atoms with Gasteiger partial charge in [0.15, 0.2) is 5.79 Å². The summed E-state index contributed by atoms with van der Waals surface area (Å²) in [5, 5.41) is 55.2. The highest BCUT2D eigenvalue weighted by atomic mass is 16.7. The molecule has 18 atom stereocenters. The fraction of sp³-hybridized carbons (Fsp3) is 0.689. The molecule has 4 amide bonds. The van der Waals surface area contributed by atoms with Crippen LogP contribution in [0.1, 0.15) is 139 Å². The number of ether oxygens (including phenoxy) is 4. The lowest BCUT2D eigenvalue weighted by Gasteiger charge is -2.56. The summed E-state index contributed by atoms with van der Waals surface area (Å²) in [6.07, 6.45) is 13.0. The highest BCUT2D eigenvalue weighted by molar-refractivity contribution is 5.93. The summed E-state index contributed by atoms with van der Waals surface area (Å²) >= 11 is 0. The smallest absolute Gasteiger partial charge is 0.325 e. The molecule has 1 aromatic rings. The average molecular weight is 1100 g/mol. The van der Waals surface area contributed by atoms with Gasteiger partial charge >= 0.3 is 5.97 Å². The van der Waals surface area contributed by atoms with Gasteiger partial charge in [-0.1, -0.05) is 110 Å². The van der Waals surface area contributed by atoms with Gasteiger partial charge in [-0.25, -0.2) is 5.43 Å². The molecule has 0 saturated carbocycles. The quantitative estimate of drug-likeness (QED) is 0.0807. The molecule has 18 heteroatoms. The zero-order valence-electron chi connectivity index (χ0n) is 48.6. The molecule has 6 rings (SSSR count). The van der Waals surface area contributed by atoms with Gasteiger partial charge in [-0.2, -0.15) is 0 Å². The van der Waals surface area contributed by atoms with Gasteiger partial charge in [0.25, 0.3) is 5.91 Å². The summed E-state index contributed by atoms with van der Waals surface area (Å²) in [5.41, 5.74) is 3.39. The Balaban J connectivity index is 1.20. The van der Waals surface area contributed by atoms with Gasteiger partial charge in [0, 0.05) is 68.9 Å². The van der Waals surface area contributed by atoms with Crippen LogP contribution in [-0.2, 0) is 49.3 Å². The molecule has 8 N–H and O–H groups in total. The highest BCUT2D eigenvalue weighted by Gasteiger charge is 2.57. The first-order valence-corrected chi connectivity index (χ1v) is 29.0. The van der Waals surface area contributed by atoms with Crippen molar-refractivity contribution in [3.63, 3.8) is 0 Å². The number of hydrazine groups is 1. The number of aliphatic hydroxyl groups excluding tert-OH is 3. The maximum Gasteiger partial charge on any atom is 0.325 e. The standard InChI is InChI=1S/C61H93N5O13/c1-12-43-31-38(6)61(64-55(43)71)41(9)53(70)40(8)51(78-61)34-49(69)36(4)21-15-13-16-22-37(5)50-27-18-14-17-26-48(68)39(7)54-45(28-29-60(10,76-11)79-54)56(72)63-52(35(2)3)57(73)62-47(33-42-23-19-24-44(67)32-42)58(74)66-30-20-25-46(65-66)59(75)77-50/h13-14,16-19,22-24,26,32,35-36,38-41,43,45-54,65,67-70H,12,15,20-21,25,27-31,33-34H2,1-11H3,(H,62,73)(H,63,72)(H,64,71)/b16-13+,18-14-,26-17-,37-22+/t36-,38-,39-,40-,41-,43-,45+,46-,47-,48-,49-,50-,51-,52-,53-,54+,60-,61+/m0/s1. The van der Waals surface area contributed by atoms with Gasteiger partial charge in [0.2, 0.25) is 17.7 Å². The molecule has 1 aromatic carbocycles. The van der Waals surface area contributed by atoms with E-state index >= 15 is 0 Å². The van der Waals surface area contributed by atoms with E-state index in [1.165, 1.54) is 24.3 Å². The Morgan fingerprint density at radius 3 is 2.42 bits per heavy atom. The summed E-state index contributed by atoms with van der Waals surface area (Å²) in [5.74, 6) is -5.81. The minimum Gasteiger partial charge on any atom is -0.508 e. The Hall–Kier alpha value is -4.95. The molecular weight excluding hydrogens is 1010 g/mol. The number of esters is 1. The molecule has 0 unspecified atom stereocenters. The third kappa shape index (κ3) is 15.7. The summed E-state index contributed by atoms with van der Waals surface area (Å²) < 4.78 is 25.2. The molecule has 5 aliphatic rings. The fourth-order valence-corrected chi connectivity index (χ4v) is 12.1. The summed E-state index contributed by atoms with van der Waals surface area (Å²) in [7, 11) is 1.53. The molecular formula is C61H93N5O13. The molecule has 5 aliphatic heterocycles. The summed E-state index contributed by atoms with van der Waals surface area (Å²) in [4.78, 5) is 70.6. The van der Waals surface area contributed by atoms with Gasteiger partial charge in [-0.15, -0.1) is 0 Å². The number of fused-ring (bicyclic) bond motifs is 3. The number of rotatable bonds is 13. The number of hydrogen-bond donors (Lipinski definition) is 8. The number of allylic oxidation sites excluding steroid dienone is 5. The van der Waals surface area contributed by atoms with Crippen LogP contribution < -0.4 is 21.4 Å². The van der Waals surface area contributed by atoms with Gasteiger partial charge in [0.1, 0.15) is 35.7 Å². The van der Waals surface area contributed by atoms with Crippen LogP contribution in [0.25, 0.3) is 0 Å². The van der Waals surface area contributed by atoms with Crippen molar-refractivity contribution in [2.24, 2.45) is 47.3 Å². The van der Waals surface area contributed by atoms with Crippen LogP contribution in [-0.4, -0.2) is 135 Å². The number of nitrogens with zero attached hydrogens (tertiary/aromatic N) is 1. The number of hydrogen-bond acceptors (Lipinski definition) is 14. The minimum absolute atomic E-state index is 0.00586. The zero-order valence-corrected chi connectivity index (χ0v) is 48.6. The molecule has 4 fully saturated rings. The molecule has 4 saturated heterocycles. The van der Waals surface area contributed by atoms with E-state index in [4.69, 9.17) is 18.9 Å². The third-order valence-electron chi connectivity index (χ3n) is 17.8. The minimum atomic E-state index is -1.17. The third-order valence-corrected chi connectivity index (χ3v) is 17.8. The van der Waals surface area contributed by atoms with E-state index in [-0.39, 0.29) is 60.6 Å². The van der Waals surface area contributed by atoms with Crippen molar-refractivity contribution < 1.29 is 63.3 Å². The normalized spacial score (nSPS) is 37.4. The van der Waals surface area contributed by atoms with Crippen LogP contribution in [0.3, 0.4) is 0 Å². The number of aromatic hydroxyl groups is 1. The molecule has 2 bridgehead atoms. The number of nitrogens with one attached hydrogen (secondary N) is 4. The van der Waals surface area contributed by atoms with Crippen molar-refractivity contribution in [3.8, 4) is 5.75 Å². The van der Waals surface area contributed by atoms with Gasteiger partial charge < -0.3 is 55.3 Å². The number of carbonyl (C=O) groups excluding carboxylic acids is 5. The largest absolute Gasteiger partial charge is 0.508 e. The molecule has 440 valence electrons. The van der Waals surface area contributed by atoms with E-state index in [1.54, 1.807) is 58.1 Å². The number of methoxy groups -OCH3 is 1. The van der Waals surface area contributed by atoms with Crippen molar-refractivity contribution in [1.29, 1.82) is 0 Å². The van der Waals surface area contributed by atoms with Crippen LogP contribution in [0.4, 0.5) is 0 Å². The van der Waals surface area contributed by atoms with E-state index in [0.717, 1.165) is 12.0 Å². The van der Waals surface area contributed by atoms with Gasteiger partial charge in [-0.05, 0) is 93.9 Å². The van der Waals surface area contributed by atoms with E-state index in [2.05, 4.69) is 28.3 Å². The van der Waals surface area contributed by atoms with Gasteiger partial charge in [-0.3, -0.25) is 29.0 Å². The van der Waals surface area contributed by atoms with Crippen molar-refractivity contribution >= 4 is 29.6 Å². The molecule has 1 spiro atoms. The van der Waals surface area contributed by atoms with Crippen molar-refractivity contribution in [2.45, 2.75) is 206 Å². The second-order valence-electron chi connectivity index (χ2n) is 23.9. The number of aliphatic hydroxyl groups is 3. The number of phenolic OH excluding ortho intramolecular Hbond substituents is 1. The van der Waals surface area contributed by atoms with Crippen LogP contribution in [0.2, 0.25) is 0 Å². The fourth-order valence-electron chi connectivity index (χ4n) is 12.1. The van der Waals surface area contributed by atoms with Crippen molar-refractivity contribution in [3.05, 3.63) is 77.9 Å². The number of carbonyl (C=O) groups is 5. The molecule has 0 aromatic heterocycles. The Bertz CT molecular complexity index is 2380. The average Bonchev–Trinajstić information content (AvgIpc) is 3.55. The molecule has 0 radical (unpaired) electrons. The monoisotopic (exact) mass is 1100 g/mol. The van der Waals surface area contributed by atoms with Crippen molar-refractivity contribution in [1.82, 2.24) is 26.4 Å². The van der Waals surface area contributed by atoms with Crippen LogP contribution >= 0.6 is 0 Å². The predicted octanol–water partition coefficient (Wildman–Crippen LogP) is 6.22. The second-order valence-corrected chi connectivity index (χ2v) is 23.9. The SMILES string of the molecule is CC[C@H]1C[C@H](C)[C@@]2(NC1=O)O[C@@H](C[C@H](O)[C@@H](C)CC/C=C/C=C(\C)[C@@H]1C/C=C\C=C/[C@H](O)[C@H](C)[C@H]3O[C@](C)(OC)CC[C@H]3C(=O)N[C@@H](C(C)C)C(=O)N[C@@H](Cc3cccc(O)c3)C(=O)N3CCC[C@H](N3)C(=O)O1)[C@H](C)[C@H](O)[C@@H]2C. The van der Waals surface area contributed by atoms with E-state index in [9.17, 15) is 44.4 Å². The lowest BCUT2D eigenvalue weighted by Crippen LogP contribution is -2.71. The first kappa shape index (κ1) is 63.2. The highest BCUT2D eigenvalue weighted by Crippen LogP contribution is 2.46. The van der Waals surface area contributed by atoms with E-state index in [0.29, 0.717) is 56.9 Å². The summed E-state index contributed by atoms with van der Waals surface area (Å²) in [6.45, 7) is 19.2. The van der Waals surface area contributed by atoms with Gasteiger partial charge in [0.05, 0.1) is 36.4 Å². The second kappa shape index (κ2) is 28.2. The number of phenols is 1. The maximum atomic E-state index is 14.6. The Kier molecular flexibility index (Phi) is 22.5. The molecule has 0 aliphatic carbocycles. The van der Waals surface area contributed by atoms with E-state index < -0.39 is 108 Å². The van der Waals surface area contributed by atoms with Crippen molar-refractivity contribution in [2.75, 3.05) is 13.7 Å². The Morgan fingerprint density at radius 1 is 0.975 bits per heavy atom. The predicted molar refractivity (Wildman–Crippen MR) is 299 cm³/mol. The Morgan fingerprint density at radius 2 is 1.72 bits per heavy atom. The number of cyclic esters (lactones) is 1. The lowest BCUT2D eigenvalue weighted by molar-refractivity contribution is -0.280. The van der Waals surface area contributed by atoms with E-state index in [1.807, 2.05) is 58.9 Å². The topological polar surface area (TPSA) is 255 Å². The first-order chi connectivity index (χ1) is 37.4. The van der Waals surface area contributed by atoms with Crippen LogP contribution in [0, 0.1) is 47.3 Å². The van der Waals surface area contributed by atoms with Crippen LogP contribution in [0.5, 0.6) is 5.75 Å².